The molecule has 0 bridgehead atoms. The van der Waals surface area contributed by atoms with Crippen LogP contribution >= 0.6 is 11.6 Å². The van der Waals surface area contributed by atoms with Gasteiger partial charge in [0.25, 0.3) is 0 Å². The van der Waals surface area contributed by atoms with Crippen LogP contribution in [0.5, 0.6) is 11.5 Å². The number of halogens is 1. The Kier molecular flexibility index (Phi) is 5.36. The smallest absolute Gasteiger partial charge is 0.167 e. The summed E-state index contributed by atoms with van der Waals surface area (Å²) >= 11 is 5.94. The minimum atomic E-state index is 0.420. The molecule has 0 spiro atoms. The van der Waals surface area contributed by atoms with Gasteiger partial charge in [-0.05, 0) is 12.0 Å². The lowest BCUT2D eigenvalue weighted by Crippen LogP contribution is -1.97. The van der Waals surface area contributed by atoms with E-state index in [1.54, 1.807) is 14.2 Å². The molecule has 17 heavy (non-hydrogen) atoms. The van der Waals surface area contributed by atoms with Crippen LogP contribution in [-0.2, 0) is 0 Å². The van der Waals surface area contributed by atoms with Gasteiger partial charge < -0.3 is 9.47 Å². The van der Waals surface area contributed by atoms with E-state index in [2.05, 4.69) is 19.9 Å². The minimum Gasteiger partial charge on any atom is -0.493 e. The van der Waals surface area contributed by atoms with Crippen LogP contribution in [-0.4, -0.2) is 20.1 Å². The number of hydrogen-bond acceptors (Lipinski definition) is 2. The van der Waals surface area contributed by atoms with Gasteiger partial charge in [0.15, 0.2) is 11.5 Å². The molecule has 0 unspecified atom stereocenters. The maximum atomic E-state index is 5.94. The molecule has 0 saturated carbocycles. The first-order valence-electron chi connectivity index (χ1n) is 5.61. The van der Waals surface area contributed by atoms with Crippen LogP contribution in [0.2, 0.25) is 0 Å². The highest BCUT2D eigenvalue weighted by Gasteiger charge is 2.09. The Morgan fingerprint density at radius 3 is 2.47 bits per heavy atom. The predicted molar refractivity (Wildman–Crippen MR) is 73.1 cm³/mol. The van der Waals surface area contributed by atoms with Crippen molar-refractivity contribution >= 4 is 17.7 Å². The van der Waals surface area contributed by atoms with Crippen LogP contribution in [0.25, 0.3) is 6.08 Å². The summed E-state index contributed by atoms with van der Waals surface area (Å²) in [4.78, 5) is 0. The van der Waals surface area contributed by atoms with Gasteiger partial charge in [-0.2, -0.15) is 0 Å². The van der Waals surface area contributed by atoms with Gasteiger partial charge in [-0.1, -0.05) is 37.6 Å². The van der Waals surface area contributed by atoms with Crippen LogP contribution in [0.3, 0.4) is 0 Å². The molecule has 0 fully saturated rings. The van der Waals surface area contributed by atoms with Crippen LogP contribution in [0, 0.1) is 5.92 Å². The number of rotatable bonds is 5. The van der Waals surface area contributed by atoms with Gasteiger partial charge in [-0.3, -0.25) is 0 Å². The molecular formula is C14H19ClO2. The zero-order chi connectivity index (χ0) is 12.8. The Labute approximate surface area is 108 Å². The third-order valence-electron chi connectivity index (χ3n) is 2.67. The number of para-hydroxylation sites is 1. The summed E-state index contributed by atoms with van der Waals surface area (Å²) in [5, 5.41) is 0. The molecule has 3 heteroatoms. The largest absolute Gasteiger partial charge is 0.493 e. The fourth-order valence-corrected chi connectivity index (χ4v) is 1.97. The highest BCUT2D eigenvalue weighted by molar-refractivity contribution is 6.19. The van der Waals surface area contributed by atoms with Crippen molar-refractivity contribution in [3.8, 4) is 11.5 Å². The molecule has 0 heterocycles. The molecule has 2 nitrogen and oxygen atoms in total. The van der Waals surface area contributed by atoms with Crippen molar-refractivity contribution in [2.75, 3.05) is 20.1 Å². The number of alkyl halides is 1. The van der Waals surface area contributed by atoms with E-state index in [0.717, 1.165) is 17.1 Å². The topological polar surface area (TPSA) is 18.5 Å². The normalized spacial score (nSPS) is 11.8. The fourth-order valence-electron chi connectivity index (χ4n) is 1.58. The lowest BCUT2D eigenvalue weighted by Gasteiger charge is -2.12. The Balaban J connectivity index is 3.21. The summed E-state index contributed by atoms with van der Waals surface area (Å²) in [5.74, 6) is 2.43. The second kappa shape index (κ2) is 6.55. The van der Waals surface area contributed by atoms with E-state index in [9.17, 15) is 0 Å². The van der Waals surface area contributed by atoms with Gasteiger partial charge in [0.05, 0.1) is 14.2 Å². The molecule has 0 aromatic heterocycles. The first kappa shape index (κ1) is 13.9. The van der Waals surface area contributed by atoms with Crippen LogP contribution in [0.1, 0.15) is 19.4 Å². The molecule has 0 aliphatic heterocycles. The summed E-state index contributed by atoms with van der Waals surface area (Å²) < 4.78 is 10.6. The first-order valence-corrected chi connectivity index (χ1v) is 6.14. The van der Waals surface area contributed by atoms with Crippen molar-refractivity contribution in [3.05, 3.63) is 29.3 Å². The zero-order valence-corrected chi connectivity index (χ0v) is 11.5. The van der Waals surface area contributed by atoms with E-state index in [1.165, 1.54) is 5.57 Å². The van der Waals surface area contributed by atoms with E-state index in [0.29, 0.717) is 11.8 Å². The summed E-state index contributed by atoms with van der Waals surface area (Å²) in [6.45, 7) is 4.25. The molecule has 0 amide bonds. The van der Waals surface area contributed by atoms with Crippen LogP contribution < -0.4 is 9.47 Å². The molecule has 0 saturated heterocycles. The molecule has 1 aromatic rings. The SMILES string of the molecule is COc1cccc(C=C(CCl)C(C)C)c1OC. The molecule has 1 aromatic carbocycles. The molecular weight excluding hydrogens is 236 g/mol. The molecule has 94 valence electrons. The maximum absolute atomic E-state index is 5.94. The molecule has 0 aliphatic carbocycles. The molecule has 0 atom stereocenters. The quantitative estimate of drug-likeness (QED) is 0.740. The lowest BCUT2D eigenvalue weighted by atomic mass is 10.0. The third kappa shape index (κ3) is 3.40. The molecule has 0 N–H and O–H groups in total. The molecule has 0 radical (unpaired) electrons. The Hall–Kier alpha value is -1.15. The zero-order valence-electron chi connectivity index (χ0n) is 10.8. The third-order valence-corrected chi connectivity index (χ3v) is 2.98. The van der Waals surface area contributed by atoms with E-state index in [4.69, 9.17) is 21.1 Å². The first-order chi connectivity index (χ1) is 8.13. The summed E-state index contributed by atoms with van der Waals surface area (Å²) in [7, 11) is 3.28. The van der Waals surface area contributed by atoms with Gasteiger partial charge in [0.2, 0.25) is 0 Å². The van der Waals surface area contributed by atoms with Gasteiger partial charge in [-0.15, -0.1) is 11.6 Å². The van der Waals surface area contributed by atoms with E-state index >= 15 is 0 Å². The van der Waals surface area contributed by atoms with Crippen molar-refractivity contribution in [2.45, 2.75) is 13.8 Å². The maximum Gasteiger partial charge on any atom is 0.167 e. The number of allylic oxidation sites excluding steroid dienone is 1. The second-order valence-electron chi connectivity index (χ2n) is 4.09. The van der Waals surface area contributed by atoms with Crippen LogP contribution in [0.4, 0.5) is 0 Å². The number of methoxy groups -OCH3 is 2. The predicted octanol–water partition coefficient (Wildman–Crippen LogP) is 3.98. The van der Waals surface area contributed by atoms with Gasteiger partial charge in [0.1, 0.15) is 0 Å². The van der Waals surface area contributed by atoms with Crippen molar-refractivity contribution in [3.63, 3.8) is 0 Å². The van der Waals surface area contributed by atoms with Gasteiger partial charge >= 0.3 is 0 Å². The van der Waals surface area contributed by atoms with E-state index in [1.807, 2.05) is 18.2 Å². The van der Waals surface area contributed by atoms with E-state index in [-0.39, 0.29) is 0 Å². The average Bonchev–Trinajstić information content (AvgIpc) is 2.34. The van der Waals surface area contributed by atoms with Gasteiger partial charge in [-0.25, -0.2) is 0 Å². The summed E-state index contributed by atoms with van der Waals surface area (Å²) in [6.07, 6.45) is 2.07. The van der Waals surface area contributed by atoms with Crippen molar-refractivity contribution < 1.29 is 9.47 Å². The molecule has 0 aliphatic rings. The number of hydrogen-bond donors (Lipinski definition) is 0. The number of benzene rings is 1. The lowest BCUT2D eigenvalue weighted by molar-refractivity contribution is 0.354. The summed E-state index contributed by atoms with van der Waals surface area (Å²) in [5.41, 5.74) is 2.18. The van der Waals surface area contributed by atoms with Crippen molar-refractivity contribution in [1.82, 2.24) is 0 Å². The Morgan fingerprint density at radius 1 is 1.29 bits per heavy atom. The van der Waals surface area contributed by atoms with E-state index < -0.39 is 0 Å². The summed E-state index contributed by atoms with van der Waals surface area (Å²) in [6, 6.07) is 5.82. The van der Waals surface area contributed by atoms with Crippen LogP contribution in [0.15, 0.2) is 23.8 Å². The Morgan fingerprint density at radius 2 is 2.00 bits per heavy atom. The second-order valence-corrected chi connectivity index (χ2v) is 4.36. The van der Waals surface area contributed by atoms with Crippen molar-refractivity contribution in [1.29, 1.82) is 0 Å². The Bertz CT molecular complexity index is 397. The fraction of sp³-hybridized carbons (Fsp3) is 0.429. The molecule has 1 rings (SSSR count). The average molecular weight is 255 g/mol. The van der Waals surface area contributed by atoms with Crippen molar-refractivity contribution in [2.24, 2.45) is 5.92 Å². The monoisotopic (exact) mass is 254 g/mol. The highest BCUT2D eigenvalue weighted by atomic mass is 35.5. The minimum absolute atomic E-state index is 0.420. The van der Waals surface area contributed by atoms with Gasteiger partial charge in [0, 0.05) is 11.4 Å². The number of ether oxygens (including phenoxy) is 2. The standard InChI is InChI=1S/C14H19ClO2/c1-10(2)12(9-15)8-11-6-5-7-13(16-3)14(11)17-4/h5-8,10H,9H2,1-4H3. The highest BCUT2D eigenvalue weighted by Crippen LogP contribution is 2.32.